The van der Waals surface area contributed by atoms with Crippen LogP contribution in [0.1, 0.15) is 35.9 Å². The maximum absolute atomic E-state index is 5.77. The highest BCUT2D eigenvalue weighted by atomic mass is 32.1. The lowest BCUT2D eigenvalue weighted by molar-refractivity contribution is 0.136. The zero-order valence-electron chi connectivity index (χ0n) is 8.20. The number of nitrogens with two attached hydrogens (primary N) is 1. The molecular weight excluding hydrogens is 194 g/mol. The molecule has 4 heteroatoms. The summed E-state index contributed by atoms with van der Waals surface area (Å²) >= 11 is 1.69. The predicted molar refractivity (Wildman–Crippen MR) is 58.4 cm³/mol. The Morgan fingerprint density at radius 3 is 3.21 bits per heavy atom. The molecule has 3 rings (SSSR count). The average molecular weight is 209 g/mol. The van der Waals surface area contributed by atoms with Crippen molar-refractivity contribution < 1.29 is 0 Å². The average Bonchev–Trinajstić information content (AvgIpc) is 2.59. The van der Waals surface area contributed by atoms with Crippen molar-refractivity contribution in [1.82, 2.24) is 9.88 Å². The van der Waals surface area contributed by atoms with Gasteiger partial charge in [0, 0.05) is 11.4 Å². The van der Waals surface area contributed by atoms with Gasteiger partial charge in [-0.2, -0.15) is 0 Å². The molecule has 0 radical (unpaired) electrons. The summed E-state index contributed by atoms with van der Waals surface area (Å²) in [6, 6.07) is 0.584. The van der Waals surface area contributed by atoms with Crippen molar-refractivity contribution in [3.05, 3.63) is 10.6 Å². The molecule has 1 fully saturated rings. The molecule has 3 nitrogen and oxygen atoms in total. The molecule has 2 N–H and O–H groups in total. The first-order chi connectivity index (χ1) is 6.84. The van der Waals surface area contributed by atoms with Crippen molar-refractivity contribution >= 4 is 16.5 Å². The molecule has 0 bridgehead atoms. The minimum atomic E-state index is 0.584. The van der Waals surface area contributed by atoms with Gasteiger partial charge in [0.1, 0.15) is 0 Å². The van der Waals surface area contributed by atoms with Crippen molar-refractivity contribution in [1.29, 1.82) is 0 Å². The molecule has 0 aliphatic carbocycles. The molecule has 14 heavy (non-hydrogen) atoms. The van der Waals surface area contributed by atoms with Crippen LogP contribution in [0.3, 0.4) is 0 Å². The van der Waals surface area contributed by atoms with E-state index < -0.39 is 0 Å². The van der Waals surface area contributed by atoms with Crippen LogP contribution in [0.4, 0.5) is 5.13 Å². The standard InChI is InChI=1S/C10H15N3S/c11-10-12-9-7-3-1-2-5-13(7)6-4-8(9)14-10/h7H,1-6H2,(H2,11,12). The van der Waals surface area contributed by atoms with Crippen LogP contribution in [0.15, 0.2) is 0 Å². The monoisotopic (exact) mass is 209 g/mol. The van der Waals surface area contributed by atoms with Crippen LogP contribution in [0.5, 0.6) is 0 Å². The molecule has 1 aromatic rings. The number of piperidine rings is 1. The number of hydrogen-bond donors (Lipinski definition) is 1. The van der Waals surface area contributed by atoms with E-state index in [0.717, 1.165) is 11.6 Å². The van der Waals surface area contributed by atoms with Gasteiger partial charge in [-0.15, -0.1) is 11.3 Å². The number of hydrogen-bond acceptors (Lipinski definition) is 4. The number of thiazole rings is 1. The van der Waals surface area contributed by atoms with Gasteiger partial charge in [-0.1, -0.05) is 6.42 Å². The van der Waals surface area contributed by atoms with Crippen molar-refractivity contribution in [2.24, 2.45) is 0 Å². The van der Waals surface area contributed by atoms with Gasteiger partial charge in [0.25, 0.3) is 0 Å². The molecule has 1 atom stereocenters. The third kappa shape index (κ3) is 1.25. The lowest BCUT2D eigenvalue weighted by Gasteiger charge is -2.38. The van der Waals surface area contributed by atoms with Gasteiger partial charge in [-0.25, -0.2) is 4.98 Å². The maximum Gasteiger partial charge on any atom is 0.180 e. The molecule has 1 aromatic heterocycles. The minimum Gasteiger partial charge on any atom is -0.375 e. The molecule has 76 valence electrons. The normalized spacial score (nSPS) is 27.0. The van der Waals surface area contributed by atoms with Gasteiger partial charge >= 0.3 is 0 Å². The molecule has 2 aliphatic rings. The first-order valence-corrected chi connectivity index (χ1v) is 6.15. The van der Waals surface area contributed by atoms with Crippen molar-refractivity contribution in [3.63, 3.8) is 0 Å². The van der Waals surface area contributed by atoms with Crippen LogP contribution in [-0.4, -0.2) is 23.0 Å². The lowest BCUT2D eigenvalue weighted by Crippen LogP contribution is -2.38. The molecule has 0 aromatic carbocycles. The summed E-state index contributed by atoms with van der Waals surface area (Å²) in [6.45, 7) is 2.46. The Morgan fingerprint density at radius 2 is 2.29 bits per heavy atom. The van der Waals surface area contributed by atoms with E-state index in [9.17, 15) is 0 Å². The maximum atomic E-state index is 5.77. The largest absolute Gasteiger partial charge is 0.375 e. The highest BCUT2D eigenvalue weighted by Crippen LogP contribution is 2.38. The number of anilines is 1. The van der Waals surface area contributed by atoms with Gasteiger partial charge in [0.2, 0.25) is 0 Å². The fourth-order valence-electron chi connectivity index (χ4n) is 2.64. The summed E-state index contributed by atoms with van der Waals surface area (Å²) in [4.78, 5) is 8.50. The van der Waals surface area contributed by atoms with Crippen LogP contribution in [0.2, 0.25) is 0 Å². The number of nitrogens with zero attached hydrogens (tertiary/aromatic N) is 2. The van der Waals surface area contributed by atoms with Crippen molar-refractivity contribution in [3.8, 4) is 0 Å². The van der Waals surface area contributed by atoms with Crippen LogP contribution >= 0.6 is 11.3 Å². The zero-order chi connectivity index (χ0) is 9.54. The lowest BCUT2D eigenvalue weighted by atomic mass is 9.95. The SMILES string of the molecule is Nc1nc2c(s1)CCN1CCCCC21. The first-order valence-electron chi connectivity index (χ1n) is 5.34. The third-order valence-electron chi connectivity index (χ3n) is 3.30. The highest BCUT2D eigenvalue weighted by Gasteiger charge is 2.31. The molecule has 0 amide bonds. The number of rotatable bonds is 0. The highest BCUT2D eigenvalue weighted by molar-refractivity contribution is 7.15. The van der Waals surface area contributed by atoms with Gasteiger partial charge in [-0.05, 0) is 25.8 Å². The van der Waals surface area contributed by atoms with Gasteiger partial charge in [0.15, 0.2) is 5.13 Å². The Labute approximate surface area is 87.9 Å². The Morgan fingerprint density at radius 1 is 1.36 bits per heavy atom. The summed E-state index contributed by atoms with van der Waals surface area (Å²) in [5, 5.41) is 0.752. The quantitative estimate of drug-likeness (QED) is 0.708. The topological polar surface area (TPSA) is 42.1 Å². The zero-order valence-corrected chi connectivity index (χ0v) is 9.02. The van der Waals surface area contributed by atoms with E-state index in [1.54, 1.807) is 11.3 Å². The van der Waals surface area contributed by atoms with E-state index in [-0.39, 0.29) is 0 Å². The summed E-state index contributed by atoms with van der Waals surface area (Å²) in [6.07, 6.45) is 5.13. The molecular formula is C10H15N3S. The number of nitrogen functional groups attached to an aromatic ring is 1. The fourth-order valence-corrected chi connectivity index (χ4v) is 3.51. The second-order valence-corrected chi connectivity index (χ2v) is 5.27. The molecule has 2 aliphatic heterocycles. The fraction of sp³-hybridized carbons (Fsp3) is 0.700. The molecule has 0 spiro atoms. The Kier molecular flexibility index (Phi) is 1.99. The Balaban J connectivity index is 1.98. The van der Waals surface area contributed by atoms with Crippen molar-refractivity contribution in [2.45, 2.75) is 31.7 Å². The molecule has 1 saturated heterocycles. The smallest absolute Gasteiger partial charge is 0.180 e. The number of aromatic nitrogens is 1. The van der Waals surface area contributed by atoms with Gasteiger partial charge in [-0.3, -0.25) is 4.90 Å². The Bertz CT molecular complexity index is 347. The summed E-state index contributed by atoms with van der Waals surface area (Å²) < 4.78 is 0. The predicted octanol–water partition coefficient (Wildman–Crippen LogP) is 1.81. The second kappa shape index (κ2) is 3.21. The molecule has 1 unspecified atom stereocenters. The van der Waals surface area contributed by atoms with E-state index in [2.05, 4.69) is 9.88 Å². The van der Waals surface area contributed by atoms with Gasteiger partial charge < -0.3 is 5.73 Å². The third-order valence-corrected chi connectivity index (χ3v) is 4.26. The van der Waals surface area contributed by atoms with Crippen LogP contribution < -0.4 is 5.73 Å². The molecule has 3 heterocycles. The van der Waals surface area contributed by atoms with Crippen LogP contribution in [-0.2, 0) is 6.42 Å². The molecule has 0 saturated carbocycles. The van der Waals surface area contributed by atoms with E-state index in [0.29, 0.717) is 6.04 Å². The van der Waals surface area contributed by atoms with E-state index in [4.69, 9.17) is 5.73 Å². The summed E-state index contributed by atoms with van der Waals surface area (Å²) in [5.74, 6) is 0. The minimum absolute atomic E-state index is 0.584. The van der Waals surface area contributed by atoms with E-state index in [1.165, 1.54) is 42.9 Å². The van der Waals surface area contributed by atoms with E-state index >= 15 is 0 Å². The Hall–Kier alpha value is -0.610. The van der Waals surface area contributed by atoms with Crippen molar-refractivity contribution in [2.75, 3.05) is 18.8 Å². The van der Waals surface area contributed by atoms with Gasteiger partial charge in [0.05, 0.1) is 11.7 Å². The summed E-state index contributed by atoms with van der Waals surface area (Å²) in [7, 11) is 0. The van der Waals surface area contributed by atoms with E-state index in [1.807, 2.05) is 0 Å². The number of fused-ring (bicyclic) bond motifs is 3. The summed E-state index contributed by atoms with van der Waals surface area (Å²) in [5.41, 5.74) is 7.06. The van der Waals surface area contributed by atoms with Crippen LogP contribution in [0.25, 0.3) is 0 Å². The first kappa shape index (κ1) is 8.68. The van der Waals surface area contributed by atoms with Crippen LogP contribution in [0, 0.1) is 0 Å². The second-order valence-electron chi connectivity index (χ2n) is 4.16.